The van der Waals surface area contributed by atoms with Crippen LogP contribution in [0.3, 0.4) is 0 Å². The zero-order valence-electron chi connectivity index (χ0n) is 14.9. The Balaban J connectivity index is 1.75. The van der Waals surface area contributed by atoms with Crippen molar-refractivity contribution < 1.29 is 9.53 Å². The molecule has 0 spiro atoms. The molecule has 0 aliphatic carbocycles. The highest BCUT2D eigenvalue weighted by Crippen LogP contribution is 2.32. The van der Waals surface area contributed by atoms with Crippen LogP contribution >= 0.6 is 0 Å². The molecule has 1 aromatic heterocycles. The summed E-state index contributed by atoms with van der Waals surface area (Å²) in [6, 6.07) is 16.0. The number of methoxy groups -OCH3 is 1. The third-order valence-corrected chi connectivity index (χ3v) is 4.67. The van der Waals surface area contributed by atoms with E-state index in [0.29, 0.717) is 6.54 Å². The van der Waals surface area contributed by atoms with Crippen LogP contribution in [0.4, 0.5) is 0 Å². The number of hydrogen-bond donors (Lipinski definition) is 2. The van der Waals surface area contributed by atoms with Crippen molar-refractivity contribution in [2.24, 2.45) is 0 Å². The average molecular weight is 336 g/mol. The van der Waals surface area contributed by atoms with Gasteiger partial charge in [0, 0.05) is 23.6 Å². The molecule has 0 aliphatic heterocycles. The Hall–Kier alpha value is -2.75. The van der Waals surface area contributed by atoms with E-state index in [1.165, 1.54) is 5.56 Å². The lowest BCUT2D eigenvalue weighted by Gasteiger charge is -2.23. The van der Waals surface area contributed by atoms with Crippen LogP contribution in [-0.4, -0.2) is 24.5 Å². The number of carbonyl (C=O) groups excluding carboxylic acids is 1. The summed E-state index contributed by atoms with van der Waals surface area (Å²) < 4.78 is 5.32. The normalized spacial score (nSPS) is 11.5. The maximum atomic E-state index is 12.8. The summed E-state index contributed by atoms with van der Waals surface area (Å²) in [6.07, 6.45) is 2.74. The Kier molecular flexibility index (Phi) is 4.79. The van der Waals surface area contributed by atoms with Crippen LogP contribution in [0, 0.1) is 0 Å². The first-order chi connectivity index (χ1) is 12.0. The van der Waals surface area contributed by atoms with Gasteiger partial charge in [-0.1, -0.05) is 30.3 Å². The van der Waals surface area contributed by atoms with E-state index < -0.39 is 5.41 Å². The van der Waals surface area contributed by atoms with Gasteiger partial charge in [0.05, 0.1) is 12.5 Å². The fourth-order valence-corrected chi connectivity index (χ4v) is 3.05. The largest absolute Gasteiger partial charge is 0.497 e. The molecule has 0 saturated heterocycles. The molecule has 25 heavy (non-hydrogen) atoms. The number of hydrogen-bond acceptors (Lipinski definition) is 2. The number of H-pyrrole nitrogens is 1. The molecule has 0 fully saturated rings. The maximum absolute atomic E-state index is 12.8. The van der Waals surface area contributed by atoms with Gasteiger partial charge in [0.25, 0.3) is 0 Å². The molecule has 3 rings (SSSR count). The number of fused-ring (bicyclic) bond motifs is 1. The van der Waals surface area contributed by atoms with Crippen LogP contribution in [-0.2, 0) is 16.6 Å². The Bertz CT molecular complexity index is 866. The number of aromatic amines is 1. The predicted molar refractivity (Wildman–Crippen MR) is 101 cm³/mol. The summed E-state index contributed by atoms with van der Waals surface area (Å²) in [4.78, 5) is 16.0. The van der Waals surface area contributed by atoms with E-state index >= 15 is 0 Å². The lowest BCUT2D eigenvalue weighted by atomic mass is 9.83. The fourth-order valence-electron chi connectivity index (χ4n) is 3.05. The highest BCUT2D eigenvalue weighted by molar-refractivity contribution is 5.95. The second-order valence-corrected chi connectivity index (χ2v) is 6.73. The zero-order chi connectivity index (χ0) is 17.9. The second-order valence-electron chi connectivity index (χ2n) is 6.73. The first kappa shape index (κ1) is 17.1. The lowest BCUT2D eigenvalue weighted by molar-refractivity contribution is -0.125. The summed E-state index contributed by atoms with van der Waals surface area (Å²) in [5.74, 6) is 0.806. The van der Waals surface area contributed by atoms with Crippen LogP contribution in [0.5, 0.6) is 5.75 Å². The molecule has 4 heteroatoms. The highest BCUT2D eigenvalue weighted by Gasteiger charge is 2.32. The van der Waals surface area contributed by atoms with Crippen molar-refractivity contribution in [3.63, 3.8) is 0 Å². The maximum Gasteiger partial charge on any atom is 0.230 e. The molecule has 130 valence electrons. The summed E-state index contributed by atoms with van der Waals surface area (Å²) in [5.41, 5.74) is 2.55. The molecule has 0 aliphatic rings. The number of benzene rings is 2. The monoisotopic (exact) mass is 336 g/mol. The second kappa shape index (κ2) is 7.01. The van der Waals surface area contributed by atoms with Crippen molar-refractivity contribution in [3.05, 3.63) is 65.9 Å². The standard InChI is InChI=1S/C21H24N2O2/c1-21(2,20(24)22-12-11-15-7-5-4-6-8-15)18-14-23-19-10-9-16(25-3)13-17(18)19/h4-10,13-14,23H,11-12H2,1-3H3,(H,22,24). The zero-order valence-corrected chi connectivity index (χ0v) is 14.9. The van der Waals surface area contributed by atoms with Crippen LogP contribution in [0.1, 0.15) is 25.0 Å². The molecule has 2 aromatic carbocycles. The topological polar surface area (TPSA) is 54.1 Å². The molecule has 0 radical (unpaired) electrons. The number of rotatable bonds is 6. The van der Waals surface area contributed by atoms with Crippen molar-refractivity contribution in [1.29, 1.82) is 0 Å². The molecule has 4 nitrogen and oxygen atoms in total. The van der Waals surface area contributed by atoms with Crippen LogP contribution in [0.25, 0.3) is 10.9 Å². The van der Waals surface area contributed by atoms with Gasteiger partial charge in [-0.25, -0.2) is 0 Å². The van der Waals surface area contributed by atoms with E-state index in [2.05, 4.69) is 22.4 Å². The highest BCUT2D eigenvalue weighted by atomic mass is 16.5. The van der Waals surface area contributed by atoms with E-state index in [0.717, 1.165) is 28.6 Å². The first-order valence-corrected chi connectivity index (χ1v) is 8.50. The van der Waals surface area contributed by atoms with Gasteiger partial charge in [-0.3, -0.25) is 4.79 Å². The van der Waals surface area contributed by atoms with Crippen molar-refractivity contribution in [2.75, 3.05) is 13.7 Å². The van der Waals surface area contributed by atoms with Crippen LogP contribution in [0.2, 0.25) is 0 Å². The summed E-state index contributed by atoms with van der Waals surface area (Å²) >= 11 is 0. The number of nitrogens with one attached hydrogen (secondary N) is 2. The number of carbonyl (C=O) groups is 1. The molecule has 0 unspecified atom stereocenters. The molecular weight excluding hydrogens is 312 g/mol. The van der Waals surface area contributed by atoms with Gasteiger partial charge in [-0.2, -0.15) is 0 Å². The van der Waals surface area contributed by atoms with Crippen LogP contribution < -0.4 is 10.1 Å². The molecule has 1 heterocycles. The number of ether oxygens (including phenoxy) is 1. The summed E-state index contributed by atoms with van der Waals surface area (Å²) in [5, 5.41) is 4.09. The Morgan fingerprint density at radius 1 is 1.16 bits per heavy atom. The van der Waals surface area contributed by atoms with E-state index in [4.69, 9.17) is 4.74 Å². The van der Waals surface area contributed by atoms with Gasteiger partial charge in [0.2, 0.25) is 5.91 Å². The van der Waals surface area contributed by atoms with Gasteiger partial charge < -0.3 is 15.0 Å². The van der Waals surface area contributed by atoms with E-state index in [1.54, 1.807) is 7.11 Å². The lowest BCUT2D eigenvalue weighted by Crippen LogP contribution is -2.40. The van der Waals surface area contributed by atoms with Crippen LogP contribution in [0.15, 0.2) is 54.7 Å². The van der Waals surface area contributed by atoms with Gasteiger partial charge >= 0.3 is 0 Å². The molecule has 2 N–H and O–H groups in total. The fraction of sp³-hybridized carbons (Fsp3) is 0.286. The average Bonchev–Trinajstić information content (AvgIpc) is 3.06. The van der Waals surface area contributed by atoms with E-state index in [1.807, 2.05) is 56.4 Å². The molecule has 0 bridgehead atoms. The quantitative estimate of drug-likeness (QED) is 0.719. The molecular formula is C21H24N2O2. The molecule has 3 aromatic rings. The third kappa shape index (κ3) is 3.53. The minimum absolute atomic E-state index is 0.0205. The molecule has 0 saturated carbocycles. The minimum Gasteiger partial charge on any atom is -0.497 e. The number of amides is 1. The predicted octanol–water partition coefficient (Wildman–Crippen LogP) is 3.81. The van der Waals surface area contributed by atoms with Crippen molar-refractivity contribution in [1.82, 2.24) is 10.3 Å². The summed E-state index contributed by atoms with van der Waals surface area (Å²) in [6.45, 7) is 4.53. The van der Waals surface area contributed by atoms with Gasteiger partial charge in [0.1, 0.15) is 5.75 Å². The smallest absolute Gasteiger partial charge is 0.230 e. The molecule has 1 amide bonds. The first-order valence-electron chi connectivity index (χ1n) is 8.50. The van der Waals surface area contributed by atoms with Gasteiger partial charge in [-0.15, -0.1) is 0 Å². The van der Waals surface area contributed by atoms with E-state index in [9.17, 15) is 4.79 Å². The molecule has 0 atom stereocenters. The van der Waals surface area contributed by atoms with Crippen molar-refractivity contribution in [3.8, 4) is 5.75 Å². The van der Waals surface area contributed by atoms with Gasteiger partial charge in [0.15, 0.2) is 0 Å². The minimum atomic E-state index is -0.638. The number of aromatic nitrogens is 1. The van der Waals surface area contributed by atoms with E-state index in [-0.39, 0.29) is 5.91 Å². The Labute approximate surface area is 148 Å². The summed E-state index contributed by atoms with van der Waals surface area (Å²) in [7, 11) is 1.65. The van der Waals surface area contributed by atoms with Gasteiger partial charge in [-0.05, 0) is 49.6 Å². The SMILES string of the molecule is COc1ccc2[nH]cc(C(C)(C)C(=O)NCCc3ccccc3)c2c1. The van der Waals surface area contributed by atoms with Crippen molar-refractivity contribution >= 4 is 16.8 Å². The third-order valence-electron chi connectivity index (χ3n) is 4.67. The Morgan fingerprint density at radius 2 is 1.92 bits per heavy atom. The van der Waals surface area contributed by atoms with Crippen molar-refractivity contribution in [2.45, 2.75) is 25.7 Å². The Morgan fingerprint density at radius 3 is 2.64 bits per heavy atom.